The van der Waals surface area contributed by atoms with Crippen molar-refractivity contribution in [2.24, 2.45) is 0 Å². The Labute approximate surface area is 114 Å². The normalized spacial score (nSPS) is 24.5. The molecule has 0 amide bonds. The molecule has 98 valence electrons. The summed E-state index contributed by atoms with van der Waals surface area (Å²) in [4.78, 5) is 10.6. The van der Waals surface area contributed by atoms with E-state index in [2.05, 4.69) is 0 Å². The van der Waals surface area contributed by atoms with Crippen molar-refractivity contribution < 1.29 is 19.0 Å². The van der Waals surface area contributed by atoms with Crippen LogP contribution in [-0.2, 0) is 19.0 Å². The van der Waals surface area contributed by atoms with E-state index < -0.39 is 16.0 Å². The number of halogens is 3. The number of hydrogen-bond acceptors (Lipinski definition) is 5. The van der Waals surface area contributed by atoms with Crippen LogP contribution in [0.1, 0.15) is 19.8 Å². The first-order valence-corrected chi connectivity index (χ1v) is 6.03. The number of nitrogens with one attached hydrogen (secondary N) is 1. The lowest BCUT2D eigenvalue weighted by Crippen LogP contribution is -2.28. The molecular formula is C9H12Cl3NO4. The standard InChI is InChI=1S/C9H12Cl3NO4/c1-5(14)15-4-6-2-3-7(16-6)17-8(13)9(10,11)12/h6-7,13H,2-4H2,1H3. The summed E-state index contributed by atoms with van der Waals surface area (Å²) >= 11 is 16.4. The minimum Gasteiger partial charge on any atom is -0.463 e. The van der Waals surface area contributed by atoms with Crippen LogP contribution in [0.15, 0.2) is 0 Å². The molecule has 0 aromatic heterocycles. The highest BCUT2D eigenvalue weighted by atomic mass is 35.6. The second-order valence-corrected chi connectivity index (χ2v) is 5.79. The molecule has 1 aliphatic rings. The van der Waals surface area contributed by atoms with E-state index in [1.165, 1.54) is 6.92 Å². The number of carbonyl (C=O) groups is 1. The molecule has 2 atom stereocenters. The van der Waals surface area contributed by atoms with Crippen LogP contribution in [0.25, 0.3) is 0 Å². The lowest BCUT2D eigenvalue weighted by molar-refractivity contribution is -0.149. The van der Waals surface area contributed by atoms with Crippen molar-refractivity contribution in [3.8, 4) is 0 Å². The van der Waals surface area contributed by atoms with Gasteiger partial charge in [0.2, 0.25) is 12.2 Å². The zero-order valence-electron chi connectivity index (χ0n) is 9.04. The van der Waals surface area contributed by atoms with Crippen LogP contribution in [0.3, 0.4) is 0 Å². The molecule has 1 saturated heterocycles. The Kier molecular flexibility index (Phi) is 5.31. The highest BCUT2D eigenvalue weighted by Gasteiger charge is 2.34. The quantitative estimate of drug-likeness (QED) is 0.376. The molecule has 1 N–H and O–H groups in total. The van der Waals surface area contributed by atoms with Crippen LogP contribution in [0, 0.1) is 5.41 Å². The maximum atomic E-state index is 10.6. The number of alkyl halides is 3. The first-order chi connectivity index (χ1) is 7.79. The van der Waals surface area contributed by atoms with Gasteiger partial charge in [-0.25, -0.2) is 0 Å². The molecule has 0 saturated carbocycles. The summed E-state index contributed by atoms with van der Waals surface area (Å²) in [6.07, 6.45) is 0.325. The van der Waals surface area contributed by atoms with E-state index >= 15 is 0 Å². The van der Waals surface area contributed by atoms with Gasteiger partial charge in [0.25, 0.3) is 3.79 Å². The molecule has 0 aromatic carbocycles. The third kappa shape index (κ3) is 5.29. The Morgan fingerprint density at radius 1 is 1.47 bits per heavy atom. The Balaban J connectivity index is 2.31. The van der Waals surface area contributed by atoms with Crippen molar-refractivity contribution in [1.82, 2.24) is 0 Å². The predicted molar refractivity (Wildman–Crippen MR) is 63.6 cm³/mol. The molecule has 0 radical (unpaired) electrons. The monoisotopic (exact) mass is 303 g/mol. The topological polar surface area (TPSA) is 68.6 Å². The lowest BCUT2D eigenvalue weighted by atomic mass is 10.2. The number of hydrogen-bond donors (Lipinski definition) is 1. The molecule has 17 heavy (non-hydrogen) atoms. The largest absolute Gasteiger partial charge is 0.463 e. The summed E-state index contributed by atoms with van der Waals surface area (Å²) in [5.74, 6) is -0.854. The lowest BCUT2D eigenvalue weighted by Gasteiger charge is -2.19. The van der Waals surface area contributed by atoms with Gasteiger partial charge in [0, 0.05) is 13.3 Å². The van der Waals surface area contributed by atoms with Gasteiger partial charge in [-0.2, -0.15) is 0 Å². The molecule has 0 aliphatic carbocycles. The van der Waals surface area contributed by atoms with E-state index in [0.29, 0.717) is 12.8 Å². The van der Waals surface area contributed by atoms with Crippen LogP contribution in [0.4, 0.5) is 0 Å². The van der Waals surface area contributed by atoms with Gasteiger partial charge >= 0.3 is 5.97 Å². The average Bonchev–Trinajstić information content (AvgIpc) is 2.61. The predicted octanol–water partition coefficient (Wildman–Crippen LogP) is 2.42. The summed E-state index contributed by atoms with van der Waals surface area (Å²) < 4.78 is 13.3. The first-order valence-electron chi connectivity index (χ1n) is 4.90. The fraction of sp³-hybridized carbons (Fsp3) is 0.778. The summed E-state index contributed by atoms with van der Waals surface area (Å²) in [5, 5.41) is 7.36. The van der Waals surface area contributed by atoms with E-state index in [9.17, 15) is 4.79 Å². The minimum absolute atomic E-state index is 0.163. The van der Waals surface area contributed by atoms with E-state index in [-0.39, 0.29) is 18.7 Å². The molecule has 0 bridgehead atoms. The van der Waals surface area contributed by atoms with Gasteiger partial charge in [-0.05, 0) is 6.42 Å². The average molecular weight is 305 g/mol. The van der Waals surface area contributed by atoms with Crippen molar-refractivity contribution in [1.29, 1.82) is 5.41 Å². The van der Waals surface area contributed by atoms with Crippen LogP contribution < -0.4 is 0 Å². The number of esters is 1. The second-order valence-electron chi connectivity index (χ2n) is 3.51. The molecule has 0 aromatic rings. The highest BCUT2D eigenvalue weighted by Crippen LogP contribution is 2.30. The van der Waals surface area contributed by atoms with Gasteiger partial charge in [0.1, 0.15) is 6.61 Å². The smallest absolute Gasteiger partial charge is 0.302 e. The maximum Gasteiger partial charge on any atom is 0.302 e. The van der Waals surface area contributed by atoms with Crippen molar-refractivity contribution in [2.75, 3.05) is 6.61 Å². The summed E-state index contributed by atoms with van der Waals surface area (Å²) in [6, 6.07) is 0. The first kappa shape index (κ1) is 14.8. The van der Waals surface area contributed by atoms with Gasteiger partial charge in [-0.3, -0.25) is 10.2 Å². The van der Waals surface area contributed by atoms with Gasteiger partial charge in [0.05, 0.1) is 6.10 Å². The Hall–Kier alpha value is -0.230. The van der Waals surface area contributed by atoms with E-state index in [1.54, 1.807) is 0 Å². The summed E-state index contributed by atoms with van der Waals surface area (Å²) in [5.41, 5.74) is 0. The third-order valence-electron chi connectivity index (χ3n) is 2.05. The molecule has 1 rings (SSSR count). The van der Waals surface area contributed by atoms with Crippen molar-refractivity contribution >= 4 is 46.7 Å². The molecule has 1 heterocycles. The molecule has 0 spiro atoms. The SMILES string of the molecule is CC(=O)OCC1CCC(OC(=N)C(Cl)(Cl)Cl)O1. The molecule has 5 nitrogen and oxygen atoms in total. The number of carbonyl (C=O) groups excluding carboxylic acids is 1. The number of ether oxygens (including phenoxy) is 3. The Bertz CT molecular complexity index is 305. The summed E-state index contributed by atoms with van der Waals surface area (Å²) in [6.45, 7) is 1.48. The third-order valence-corrected chi connectivity index (χ3v) is 2.56. The van der Waals surface area contributed by atoms with Crippen molar-refractivity contribution in [2.45, 2.75) is 36.0 Å². The van der Waals surface area contributed by atoms with Gasteiger partial charge < -0.3 is 14.2 Å². The van der Waals surface area contributed by atoms with E-state index in [1.807, 2.05) is 0 Å². The summed E-state index contributed by atoms with van der Waals surface area (Å²) in [7, 11) is 0. The van der Waals surface area contributed by atoms with Gasteiger partial charge in [0.15, 0.2) is 0 Å². The van der Waals surface area contributed by atoms with Gasteiger partial charge in [-0.15, -0.1) is 0 Å². The molecular weight excluding hydrogens is 292 g/mol. The van der Waals surface area contributed by atoms with Crippen molar-refractivity contribution in [3.63, 3.8) is 0 Å². The van der Waals surface area contributed by atoms with Crippen LogP contribution in [0.5, 0.6) is 0 Å². The second kappa shape index (κ2) is 6.09. The molecule has 1 aliphatic heterocycles. The fourth-order valence-corrected chi connectivity index (χ4v) is 1.42. The van der Waals surface area contributed by atoms with Gasteiger partial charge in [-0.1, -0.05) is 34.8 Å². The Morgan fingerprint density at radius 3 is 2.65 bits per heavy atom. The fourth-order valence-electron chi connectivity index (χ4n) is 1.29. The highest BCUT2D eigenvalue weighted by molar-refractivity contribution is 6.76. The van der Waals surface area contributed by atoms with Crippen LogP contribution in [-0.4, -0.2) is 34.7 Å². The van der Waals surface area contributed by atoms with Crippen molar-refractivity contribution in [3.05, 3.63) is 0 Å². The Morgan fingerprint density at radius 2 is 2.12 bits per heavy atom. The molecule has 2 unspecified atom stereocenters. The minimum atomic E-state index is -1.89. The zero-order chi connectivity index (χ0) is 13.1. The van der Waals surface area contributed by atoms with E-state index in [0.717, 1.165) is 0 Å². The molecule has 8 heteroatoms. The van der Waals surface area contributed by atoms with Crippen LogP contribution in [0.2, 0.25) is 0 Å². The van der Waals surface area contributed by atoms with Crippen LogP contribution >= 0.6 is 34.8 Å². The molecule has 1 fully saturated rings. The number of rotatable bonds is 3. The van der Waals surface area contributed by atoms with E-state index in [4.69, 9.17) is 54.4 Å². The zero-order valence-corrected chi connectivity index (χ0v) is 11.3. The maximum absolute atomic E-state index is 10.6.